The Morgan fingerprint density at radius 1 is 1.02 bits per heavy atom. The lowest BCUT2D eigenvalue weighted by Crippen LogP contribution is -2.49. The molecule has 1 unspecified atom stereocenters. The SMILES string of the molecule is COC(=O)C12CCC(CC(=O)C3c4cccc(-c5cncnc5)c4CCN3C(=O)c3cn(-c4cccc(Cl)c4F)nn3)(CC1)CC2. The molecule has 0 saturated heterocycles. The largest absolute Gasteiger partial charge is 0.469 e. The molecule has 1 amide bonds. The third-order valence-electron chi connectivity index (χ3n) is 10.3. The van der Waals surface area contributed by atoms with Crippen LogP contribution in [-0.2, 0) is 20.7 Å². The average Bonchev–Trinajstić information content (AvgIpc) is 3.59. The predicted molar refractivity (Wildman–Crippen MR) is 165 cm³/mol. The van der Waals surface area contributed by atoms with Crippen molar-refractivity contribution in [3.8, 4) is 16.8 Å². The molecule has 2 aromatic heterocycles. The number of halogens is 2. The molecule has 2 aromatic carbocycles. The monoisotopic (exact) mass is 642 g/mol. The fourth-order valence-electron chi connectivity index (χ4n) is 7.76. The molecule has 12 heteroatoms. The minimum Gasteiger partial charge on any atom is -0.469 e. The predicted octanol–water partition coefficient (Wildman–Crippen LogP) is 5.73. The smallest absolute Gasteiger partial charge is 0.311 e. The molecule has 236 valence electrons. The van der Waals surface area contributed by atoms with Crippen LogP contribution in [0.15, 0.2) is 61.3 Å². The molecule has 8 rings (SSSR count). The van der Waals surface area contributed by atoms with Gasteiger partial charge in [0, 0.05) is 30.9 Å². The van der Waals surface area contributed by atoms with E-state index in [1.165, 1.54) is 36.4 Å². The van der Waals surface area contributed by atoms with Gasteiger partial charge in [0.2, 0.25) is 0 Å². The number of methoxy groups -OCH3 is 1. The van der Waals surface area contributed by atoms with E-state index in [1.807, 2.05) is 18.2 Å². The zero-order valence-corrected chi connectivity index (χ0v) is 26.0. The van der Waals surface area contributed by atoms with Crippen LogP contribution in [0.3, 0.4) is 0 Å². The lowest BCUT2D eigenvalue weighted by atomic mass is 9.52. The second-order valence-electron chi connectivity index (χ2n) is 12.7. The summed E-state index contributed by atoms with van der Waals surface area (Å²) in [6.07, 6.45) is 11.4. The summed E-state index contributed by atoms with van der Waals surface area (Å²) in [7, 11) is 1.43. The molecule has 46 heavy (non-hydrogen) atoms. The van der Waals surface area contributed by atoms with Gasteiger partial charge in [0.05, 0.1) is 23.7 Å². The van der Waals surface area contributed by atoms with Gasteiger partial charge in [-0.2, -0.15) is 0 Å². The number of hydrogen-bond donors (Lipinski definition) is 0. The Morgan fingerprint density at radius 3 is 2.46 bits per heavy atom. The Hall–Kier alpha value is -4.51. The van der Waals surface area contributed by atoms with Crippen molar-refractivity contribution < 1.29 is 23.5 Å². The Bertz CT molecular complexity index is 1820. The number of amides is 1. The molecule has 3 saturated carbocycles. The molecule has 0 spiro atoms. The fourth-order valence-corrected chi connectivity index (χ4v) is 7.93. The number of fused-ring (bicyclic) bond motifs is 4. The molecule has 3 aliphatic carbocycles. The van der Waals surface area contributed by atoms with Gasteiger partial charge < -0.3 is 9.64 Å². The highest BCUT2D eigenvalue weighted by atomic mass is 35.5. The van der Waals surface area contributed by atoms with Gasteiger partial charge in [0.1, 0.15) is 18.1 Å². The van der Waals surface area contributed by atoms with Crippen molar-refractivity contribution in [1.82, 2.24) is 29.9 Å². The van der Waals surface area contributed by atoms with Gasteiger partial charge in [-0.05, 0) is 79.2 Å². The molecule has 1 aliphatic heterocycles. The first kappa shape index (κ1) is 30.2. The first-order chi connectivity index (χ1) is 22.2. The number of Topliss-reactive ketones (excluding diaryl/α,β-unsaturated/α-hetero) is 1. The van der Waals surface area contributed by atoms with Gasteiger partial charge in [-0.25, -0.2) is 19.0 Å². The Labute approximate surface area is 269 Å². The van der Waals surface area contributed by atoms with E-state index in [-0.39, 0.29) is 46.5 Å². The summed E-state index contributed by atoms with van der Waals surface area (Å²) in [4.78, 5) is 51.2. The Morgan fingerprint density at radius 2 is 1.74 bits per heavy atom. The summed E-state index contributed by atoms with van der Waals surface area (Å²) in [5.41, 5.74) is 2.82. The number of carbonyl (C=O) groups is 3. The number of aromatic nitrogens is 5. The zero-order chi connectivity index (χ0) is 32.1. The van der Waals surface area contributed by atoms with Gasteiger partial charge >= 0.3 is 5.97 Å². The third-order valence-corrected chi connectivity index (χ3v) is 10.6. The van der Waals surface area contributed by atoms with Crippen LogP contribution >= 0.6 is 11.6 Å². The number of ether oxygens (including phenoxy) is 1. The van der Waals surface area contributed by atoms with Crippen molar-refractivity contribution in [2.24, 2.45) is 10.8 Å². The lowest BCUT2D eigenvalue weighted by molar-refractivity contribution is -0.163. The van der Waals surface area contributed by atoms with E-state index in [0.717, 1.165) is 41.5 Å². The van der Waals surface area contributed by atoms with Crippen LogP contribution in [0.2, 0.25) is 5.02 Å². The molecule has 4 aliphatic rings. The summed E-state index contributed by atoms with van der Waals surface area (Å²) in [5.74, 6) is -1.37. The van der Waals surface area contributed by atoms with Crippen molar-refractivity contribution in [3.05, 3.63) is 89.0 Å². The van der Waals surface area contributed by atoms with Gasteiger partial charge in [-0.1, -0.05) is 41.1 Å². The molecule has 10 nitrogen and oxygen atoms in total. The van der Waals surface area contributed by atoms with Gasteiger partial charge in [-0.3, -0.25) is 14.4 Å². The summed E-state index contributed by atoms with van der Waals surface area (Å²) in [6, 6.07) is 9.41. The van der Waals surface area contributed by atoms with E-state index in [1.54, 1.807) is 23.4 Å². The van der Waals surface area contributed by atoms with Crippen LogP contribution < -0.4 is 0 Å². The van der Waals surface area contributed by atoms with Crippen LogP contribution in [0.1, 0.15) is 72.6 Å². The highest BCUT2D eigenvalue weighted by Crippen LogP contribution is 2.59. The molecular formula is C34H32ClFN6O4. The Balaban J connectivity index is 1.23. The number of benzene rings is 2. The fraction of sp³-hybridized carbons (Fsp3) is 0.382. The van der Waals surface area contributed by atoms with Crippen LogP contribution in [0.4, 0.5) is 4.39 Å². The number of nitrogens with zero attached hydrogens (tertiary/aromatic N) is 6. The maximum Gasteiger partial charge on any atom is 0.311 e. The third kappa shape index (κ3) is 5.06. The van der Waals surface area contributed by atoms with E-state index in [2.05, 4.69) is 20.3 Å². The minimum absolute atomic E-state index is 0.00963. The molecule has 4 aromatic rings. The maximum absolute atomic E-state index is 14.8. The van der Waals surface area contributed by atoms with Crippen molar-refractivity contribution >= 4 is 29.3 Å². The van der Waals surface area contributed by atoms with Crippen molar-refractivity contribution in [2.75, 3.05) is 13.7 Å². The van der Waals surface area contributed by atoms with E-state index in [4.69, 9.17) is 16.3 Å². The van der Waals surface area contributed by atoms with E-state index in [0.29, 0.717) is 25.7 Å². The quantitative estimate of drug-likeness (QED) is 0.235. The zero-order valence-electron chi connectivity index (χ0n) is 25.3. The van der Waals surface area contributed by atoms with Gasteiger partial charge in [-0.15, -0.1) is 5.10 Å². The van der Waals surface area contributed by atoms with E-state index in [9.17, 15) is 18.8 Å². The van der Waals surface area contributed by atoms with Crippen molar-refractivity contribution in [2.45, 2.75) is 57.4 Å². The summed E-state index contributed by atoms with van der Waals surface area (Å²) in [6.45, 7) is 0.268. The number of esters is 1. The molecule has 0 radical (unpaired) electrons. The van der Waals surface area contributed by atoms with Gasteiger partial charge in [0.15, 0.2) is 17.3 Å². The van der Waals surface area contributed by atoms with E-state index < -0.39 is 23.2 Å². The minimum atomic E-state index is -0.863. The number of ketones is 1. The summed E-state index contributed by atoms with van der Waals surface area (Å²) in [5, 5.41) is 8.01. The first-order valence-corrected chi connectivity index (χ1v) is 15.8. The van der Waals surface area contributed by atoms with Crippen molar-refractivity contribution in [3.63, 3.8) is 0 Å². The number of carbonyl (C=O) groups excluding carboxylic acids is 3. The molecule has 3 heterocycles. The van der Waals surface area contributed by atoms with Crippen LogP contribution in [0.25, 0.3) is 16.8 Å². The van der Waals surface area contributed by atoms with Gasteiger partial charge in [0.25, 0.3) is 5.91 Å². The topological polar surface area (TPSA) is 120 Å². The number of hydrogen-bond acceptors (Lipinski definition) is 8. The standard InChI is InChI=1S/C34H32ClFN6O4/c1-46-32(45)34-12-9-33(10-13-34,11-14-34)16-28(43)30-24-5-2-4-22(21-17-37-20-38-18-21)23(24)8-15-41(30)31(44)26-19-42(40-39-26)27-7-3-6-25(35)29(27)36/h2-7,17-20,30H,8-16H2,1H3. The molecular weight excluding hydrogens is 611 g/mol. The molecule has 1 atom stereocenters. The maximum atomic E-state index is 14.8. The van der Waals surface area contributed by atoms with E-state index >= 15 is 0 Å². The molecule has 3 fully saturated rings. The molecule has 0 N–H and O–H groups in total. The normalized spacial score (nSPS) is 23.5. The van der Waals surface area contributed by atoms with Crippen LogP contribution in [0, 0.1) is 16.6 Å². The second-order valence-corrected chi connectivity index (χ2v) is 13.1. The molecule has 2 bridgehead atoms. The van der Waals surface area contributed by atoms with Crippen molar-refractivity contribution in [1.29, 1.82) is 0 Å². The highest BCUT2D eigenvalue weighted by molar-refractivity contribution is 6.30. The highest BCUT2D eigenvalue weighted by Gasteiger charge is 2.54. The number of rotatable bonds is 7. The van der Waals surface area contributed by atoms with Crippen LogP contribution in [-0.4, -0.2) is 61.2 Å². The Kier molecular flexibility index (Phi) is 7.67. The second kappa shape index (κ2) is 11.7. The average molecular weight is 643 g/mol. The summed E-state index contributed by atoms with van der Waals surface area (Å²) < 4.78 is 21.1. The summed E-state index contributed by atoms with van der Waals surface area (Å²) >= 11 is 5.97. The lowest BCUT2D eigenvalue weighted by Gasteiger charge is -2.52. The first-order valence-electron chi connectivity index (χ1n) is 15.4. The van der Waals surface area contributed by atoms with Crippen LogP contribution in [0.5, 0.6) is 0 Å².